The first-order valence-corrected chi connectivity index (χ1v) is 11.4. The molecular formula is C26H27FN2O7. The van der Waals surface area contributed by atoms with E-state index in [0.717, 1.165) is 0 Å². The third-order valence-corrected chi connectivity index (χ3v) is 6.47. The first-order chi connectivity index (χ1) is 17.3. The standard InChI is InChI=1S/C26H27FN2O7/c1-14(32)29(12-16-5-3-4-6-19(16)27)20-11-18(26(34)28-7-8-30)22-17-9-15(13-31)10-21(35-2)24(17)36-25(22)23(20)33/h3-6,9-11,13,20,22-23,25,30,33H,7-8,12H2,1-2H3,(H,28,34). The van der Waals surface area contributed by atoms with Gasteiger partial charge in [-0.3, -0.25) is 14.4 Å². The molecule has 10 heteroatoms. The van der Waals surface area contributed by atoms with Gasteiger partial charge in [0.05, 0.1) is 25.7 Å². The number of halogens is 1. The molecule has 1 aliphatic heterocycles. The van der Waals surface area contributed by atoms with Crippen LogP contribution in [0.2, 0.25) is 0 Å². The van der Waals surface area contributed by atoms with E-state index < -0.39 is 41.8 Å². The Morgan fingerprint density at radius 1 is 1.28 bits per heavy atom. The summed E-state index contributed by atoms with van der Waals surface area (Å²) in [5, 5.41) is 23.2. The van der Waals surface area contributed by atoms with Crippen molar-refractivity contribution in [2.24, 2.45) is 0 Å². The molecule has 2 aromatic carbocycles. The molecule has 4 rings (SSSR count). The Morgan fingerprint density at radius 2 is 2.03 bits per heavy atom. The van der Waals surface area contributed by atoms with Crippen LogP contribution in [0.5, 0.6) is 11.5 Å². The van der Waals surface area contributed by atoms with E-state index in [2.05, 4.69) is 5.32 Å². The summed E-state index contributed by atoms with van der Waals surface area (Å²) in [5.41, 5.74) is 1.21. The number of hydrogen-bond donors (Lipinski definition) is 3. The lowest BCUT2D eigenvalue weighted by Crippen LogP contribution is -2.55. The molecule has 4 unspecified atom stereocenters. The zero-order chi connectivity index (χ0) is 26.0. The molecule has 4 atom stereocenters. The number of ether oxygens (including phenoxy) is 2. The predicted molar refractivity (Wildman–Crippen MR) is 126 cm³/mol. The number of aldehydes is 1. The molecule has 2 aromatic rings. The topological polar surface area (TPSA) is 125 Å². The summed E-state index contributed by atoms with van der Waals surface area (Å²) in [7, 11) is 1.41. The van der Waals surface area contributed by atoms with Gasteiger partial charge in [0.2, 0.25) is 11.8 Å². The van der Waals surface area contributed by atoms with Crippen LogP contribution in [0.15, 0.2) is 48.0 Å². The van der Waals surface area contributed by atoms with Crippen molar-refractivity contribution in [2.45, 2.75) is 37.6 Å². The summed E-state index contributed by atoms with van der Waals surface area (Å²) < 4.78 is 25.9. The van der Waals surface area contributed by atoms with E-state index in [1.54, 1.807) is 12.1 Å². The van der Waals surface area contributed by atoms with Crippen molar-refractivity contribution in [2.75, 3.05) is 20.3 Å². The number of nitrogens with one attached hydrogen (secondary N) is 1. The van der Waals surface area contributed by atoms with Gasteiger partial charge in [0.15, 0.2) is 11.5 Å². The lowest BCUT2D eigenvalue weighted by molar-refractivity contribution is -0.135. The van der Waals surface area contributed by atoms with Gasteiger partial charge >= 0.3 is 0 Å². The number of fused-ring (bicyclic) bond motifs is 3. The maximum absolute atomic E-state index is 14.4. The van der Waals surface area contributed by atoms with E-state index >= 15 is 0 Å². The lowest BCUT2D eigenvalue weighted by Gasteiger charge is -2.40. The number of hydrogen-bond acceptors (Lipinski definition) is 7. The number of aliphatic hydroxyl groups excluding tert-OH is 2. The fourth-order valence-corrected chi connectivity index (χ4v) is 4.80. The highest BCUT2D eigenvalue weighted by molar-refractivity contribution is 5.96. The molecule has 0 spiro atoms. The molecule has 0 bridgehead atoms. The van der Waals surface area contributed by atoms with Crippen LogP contribution >= 0.6 is 0 Å². The number of benzene rings is 2. The molecule has 190 valence electrons. The van der Waals surface area contributed by atoms with Gasteiger partial charge in [-0.1, -0.05) is 18.2 Å². The molecular weight excluding hydrogens is 471 g/mol. The van der Waals surface area contributed by atoms with Crippen LogP contribution in [0.1, 0.15) is 34.3 Å². The quantitative estimate of drug-likeness (QED) is 0.469. The van der Waals surface area contributed by atoms with Gasteiger partial charge in [-0.2, -0.15) is 0 Å². The third kappa shape index (κ3) is 4.57. The fourth-order valence-electron chi connectivity index (χ4n) is 4.80. The summed E-state index contributed by atoms with van der Waals surface area (Å²) in [6.07, 6.45) is -0.182. The van der Waals surface area contributed by atoms with E-state index in [4.69, 9.17) is 9.47 Å². The molecule has 2 amide bonds. The average Bonchev–Trinajstić information content (AvgIpc) is 3.26. The maximum atomic E-state index is 14.4. The second-order valence-corrected chi connectivity index (χ2v) is 8.64. The average molecular weight is 499 g/mol. The first-order valence-electron chi connectivity index (χ1n) is 11.4. The zero-order valence-corrected chi connectivity index (χ0v) is 19.8. The van der Waals surface area contributed by atoms with Crippen molar-refractivity contribution in [3.05, 3.63) is 70.6 Å². The minimum Gasteiger partial charge on any atom is -0.493 e. The summed E-state index contributed by atoms with van der Waals surface area (Å²) in [6, 6.07) is 8.02. The number of aliphatic hydroxyl groups is 2. The molecule has 36 heavy (non-hydrogen) atoms. The number of carbonyl (C=O) groups excluding carboxylic acids is 3. The van der Waals surface area contributed by atoms with Crippen molar-refractivity contribution < 1.29 is 38.5 Å². The lowest BCUT2D eigenvalue weighted by atomic mass is 9.77. The zero-order valence-electron chi connectivity index (χ0n) is 19.8. The Bertz CT molecular complexity index is 1210. The second-order valence-electron chi connectivity index (χ2n) is 8.64. The normalized spacial score (nSPS) is 22.0. The van der Waals surface area contributed by atoms with Crippen molar-refractivity contribution in [1.82, 2.24) is 10.2 Å². The van der Waals surface area contributed by atoms with Crippen LogP contribution in [0.3, 0.4) is 0 Å². The molecule has 0 saturated carbocycles. The van der Waals surface area contributed by atoms with Crippen LogP contribution in [0.25, 0.3) is 0 Å². The SMILES string of the molecule is COc1cc(C=O)cc2c1OC1C2C(C(=O)NCCO)=CC(N(Cc2ccccc2F)C(C)=O)C1O. The highest BCUT2D eigenvalue weighted by Gasteiger charge is 2.51. The number of rotatable bonds is 8. The number of carbonyl (C=O) groups is 3. The van der Waals surface area contributed by atoms with Crippen molar-refractivity contribution in [1.29, 1.82) is 0 Å². The summed E-state index contributed by atoms with van der Waals surface area (Å²) >= 11 is 0. The number of methoxy groups -OCH3 is 1. The minimum atomic E-state index is -1.29. The van der Waals surface area contributed by atoms with Gasteiger partial charge in [-0.15, -0.1) is 0 Å². The van der Waals surface area contributed by atoms with Crippen LogP contribution in [-0.2, 0) is 16.1 Å². The van der Waals surface area contributed by atoms with E-state index in [0.29, 0.717) is 17.4 Å². The molecule has 0 radical (unpaired) electrons. The van der Waals surface area contributed by atoms with Crippen LogP contribution in [0.4, 0.5) is 4.39 Å². The van der Waals surface area contributed by atoms with Crippen molar-refractivity contribution in [3.8, 4) is 11.5 Å². The molecule has 9 nitrogen and oxygen atoms in total. The number of nitrogens with zero attached hydrogens (tertiary/aromatic N) is 1. The Labute approximate surface area is 207 Å². The van der Waals surface area contributed by atoms with Crippen molar-refractivity contribution >= 4 is 18.1 Å². The third-order valence-electron chi connectivity index (χ3n) is 6.47. The maximum Gasteiger partial charge on any atom is 0.247 e. The molecule has 2 aliphatic rings. The summed E-state index contributed by atoms with van der Waals surface area (Å²) in [6.45, 7) is 0.845. The predicted octanol–water partition coefficient (Wildman–Crippen LogP) is 1.32. The summed E-state index contributed by atoms with van der Waals surface area (Å²) in [5.74, 6) is -1.71. The van der Waals surface area contributed by atoms with Crippen LogP contribution < -0.4 is 14.8 Å². The molecule has 0 aromatic heterocycles. The Hall–Kier alpha value is -3.76. The van der Waals surface area contributed by atoms with Gasteiger partial charge in [0.1, 0.15) is 24.3 Å². The fraction of sp³-hybridized carbons (Fsp3) is 0.346. The smallest absolute Gasteiger partial charge is 0.247 e. The van der Waals surface area contributed by atoms with E-state index in [9.17, 15) is 29.0 Å². The van der Waals surface area contributed by atoms with Gasteiger partial charge in [-0.25, -0.2) is 4.39 Å². The molecule has 1 aliphatic carbocycles. The molecule has 3 N–H and O–H groups in total. The molecule has 1 heterocycles. The van der Waals surface area contributed by atoms with Gasteiger partial charge < -0.3 is 29.9 Å². The van der Waals surface area contributed by atoms with E-state index in [1.165, 1.54) is 49.3 Å². The van der Waals surface area contributed by atoms with Gasteiger partial charge in [-0.05, 0) is 24.3 Å². The minimum absolute atomic E-state index is 0.0160. The van der Waals surface area contributed by atoms with Crippen LogP contribution in [-0.4, -0.2) is 71.7 Å². The monoisotopic (exact) mass is 498 g/mol. The van der Waals surface area contributed by atoms with Gasteiger partial charge in [0, 0.05) is 42.3 Å². The highest BCUT2D eigenvalue weighted by Crippen LogP contribution is 2.51. The first kappa shape index (κ1) is 25.3. The van der Waals surface area contributed by atoms with Gasteiger partial charge in [0.25, 0.3) is 0 Å². The highest BCUT2D eigenvalue weighted by atomic mass is 19.1. The van der Waals surface area contributed by atoms with Crippen LogP contribution in [0, 0.1) is 5.82 Å². The second kappa shape index (κ2) is 10.5. The van der Waals surface area contributed by atoms with Crippen molar-refractivity contribution in [3.63, 3.8) is 0 Å². The largest absolute Gasteiger partial charge is 0.493 e. The Kier molecular flexibility index (Phi) is 7.37. The Morgan fingerprint density at radius 3 is 2.67 bits per heavy atom. The molecule has 0 fully saturated rings. The number of amides is 2. The molecule has 0 saturated heterocycles. The van der Waals surface area contributed by atoms with E-state index in [-0.39, 0.29) is 42.3 Å². The summed E-state index contributed by atoms with van der Waals surface area (Å²) in [4.78, 5) is 38.7. The Balaban J connectivity index is 1.81. The van der Waals surface area contributed by atoms with E-state index in [1.807, 2.05) is 0 Å².